The number of rotatable bonds is 37. The van der Waals surface area contributed by atoms with E-state index in [9.17, 15) is 30.3 Å². The largest absolute Gasteiger partial charge is 0.394 e. The lowest BCUT2D eigenvalue weighted by molar-refractivity contribution is -0.302. The summed E-state index contributed by atoms with van der Waals surface area (Å²) in [5, 5.41) is 54.3. The van der Waals surface area contributed by atoms with E-state index < -0.39 is 49.5 Å². The average Bonchev–Trinajstić information content (AvgIpc) is 3.17. The zero-order valence-corrected chi connectivity index (χ0v) is 34.7. The molecule has 0 aromatic carbocycles. The van der Waals surface area contributed by atoms with Crippen LogP contribution in [0.4, 0.5) is 0 Å². The Morgan fingerprint density at radius 3 is 1.50 bits per heavy atom. The molecular weight excluding hydrogens is 682 g/mol. The van der Waals surface area contributed by atoms with Gasteiger partial charge in [-0.15, -0.1) is 0 Å². The highest BCUT2D eigenvalue weighted by Crippen LogP contribution is 2.23. The van der Waals surface area contributed by atoms with Gasteiger partial charge in [0.2, 0.25) is 5.91 Å². The number of hydrogen-bond donors (Lipinski definition) is 6. The molecule has 1 rings (SSSR count). The van der Waals surface area contributed by atoms with Crippen LogP contribution in [-0.2, 0) is 14.3 Å². The summed E-state index contributed by atoms with van der Waals surface area (Å²) in [6.45, 7) is 3.80. The number of nitrogens with one attached hydrogen (secondary N) is 1. The molecule has 2 unspecified atom stereocenters. The van der Waals surface area contributed by atoms with Crippen molar-refractivity contribution in [1.29, 1.82) is 0 Å². The zero-order chi connectivity index (χ0) is 39.5. The summed E-state index contributed by atoms with van der Waals surface area (Å²) in [6, 6.07) is -0.736. The van der Waals surface area contributed by atoms with Gasteiger partial charge >= 0.3 is 0 Å². The molecule has 1 aliphatic rings. The van der Waals surface area contributed by atoms with Crippen molar-refractivity contribution in [1.82, 2.24) is 5.32 Å². The standard InChI is InChI=1S/C45H85NO8/c1-3-5-7-9-11-13-15-17-19-21-22-24-26-28-30-32-34-39(48)38(37-53-45-44(52)43(51)42(50)40(36-47)54-45)46-41(49)35-33-31-29-27-25-23-20-18-16-14-12-10-8-6-4-2/h18,20,24,26,38-40,42-45,47-48,50-52H,3-17,19,21-23,25,27-37H2,1-2H3,(H,46,49)/b20-18+,26-24+/t38-,39+,40+,42+,43?,44?,45+/m0/s1. The minimum atomic E-state index is -1.56. The Kier molecular flexibility index (Phi) is 33.8. The van der Waals surface area contributed by atoms with Crippen molar-refractivity contribution >= 4 is 5.91 Å². The molecule has 9 heteroatoms. The maximum absolute atomic E-state index is 12.9. The molecule has 1 aliphatic heterocycles. The second-order valence-corrected chi connectivity index (χ2v) is 15.8. The first-order valence-corrected chi connectivity index (χ1v) is 22.5. The lowest BCUT2D eigenvalue weighted by atomic mass is 9.99. The van der Waals surface area contributed by atoms with Gasteiger partial charge in [0.15, 0.2) is 6.29 Å². The number of allylic oxidation sites excluding steroid dienone is 4. The first-order valence-electron chi connectivity index (χ1n) is 22.5. The smallest absolute Gasteiger partial charge is 0.220 e. The Hall–Kier alpha value is -1.33. The minimum Gasteiger partial charge on any atom is -0.394 e. The molecule has 7 atom stereocenters. The number of carbonyl (C=O) groups excluding carboxylic acids is 1. The number of amides is 1. The van der Waals surface area contributed by atoms with E-state index >= 15 is 0 Å². The van der Waals surface area contributed by atoms with E-state index in [0.29, 0.717) is 12.8 Å². The monoisotopic (exact) mass is 768 g/mol. The first kappa shape index (κ1) is 50.7. The molecule has 318 valence electrons. The molecule has 1 saturated heterocycles. The fourth-order valence-corrected chi connectivity index (χ4v) is 7.09. The summed E-state index contributed by atoms with van der Waals surface area (Å²) < 4.78 is 11.2. The molecule has 9 nitrogen and oxygen atoms in total. The molecule has 0 saturated carbocycles. The summed E-state index contributed by atoms with van der Waals surface area (Å²) in [4.78, 5) is 12.9. The van der Waals surface area contributed by atoms with Crippen LogP contribution in [0.3, 0.4) is 0 Å². The third-order valence-corrected chi connectivity index (χ3v) is 10.8. The predicted octanol–water partition coefficient (Wildman–Crippen LogP) is 9.11. The highest BCUT2D eigenvalue weighted by atomic mass is 16.7. The summed E-state index contributed by atoms with van der Waals surface area (Å²) >= 11 is 0. The average molecular weight is 768 g/mol. The van der Waals surface area contributed by atoms with E-state index in [1.165, 1.54) is 109 Å². The minimum absolute atomic E-state index is 0.152. The van der Waals surface area contributed by atoms with Crippen LogP contribution >= 0.6 is 0 Å². The van der Waals surface area contributed by atoms with E-state index in [1.807, 2.05) is 0 Å². The van der Waals surface area contributed by atoms with E-state index in [4.69, 9.17) is 9.47 Å². The molecule has 0 bridgehead atoms. The number of aliphatic hydroxyl groups excluding tert-OH is 5. The molecule has 1 fully saturated rings. The van der Waals surface area contributed by atoms with Gasteiger partial charge in [-0.3, -0.25) is 4.79 Å². The Labute approximate surface area is 330 Å². The van der Waals surface area contributed by atoms with Gasteiger partial charge in [-0.1, -0.05) is 154 Å². The predicted molar refractivity (Wildman–Crippen MR) is 221 cm³/mol. The van der Waals surface area contributed by atoms with Gasteiger partial charge in [-0.2, -0.15) is 0 Å². The zero-order valence-electron chi connectivity index (χ0n) is 34.7. The van der Waals surface area contributed by atoms with E-state index in [-0.39, 0.29) is 12.5 Å². The summed E-state index contributed by atoms with van der Waals surface area (Å²) in [5.74, 6) is -0.163. The molecule has 0 spiro atoms. The van der Waals surface area contributed by atoms with Crippen molar-refractivity contribution in [3.63, 3.8) is 0 Å². The van der Waals surface area contributed by atoms with E-state index in [0.717, 1.165) is 64.2 Å². The van der Waals surface area contributed by atoms with E-state index in [2.05, 4.69) is 43.5 Å². The molecule has 1 heterocycles. The molecule has 6 N–H and O–H groups in total. The molecule has 0 aliphatic carbocycles. The fourth-order valence-electron chi connectivity index (χ4n) is 7.09. The van der Waals surface area contributed by atoms with Crippen LogP contribution in [0.5, 0.6) is 0 Å². The van der Waals surface area contributed by atoms with E-state index in [1.54, 1.807) is 0 Å². The fraction of sp³-hybridized carbons (Fsp3) is 0.889. The van der Waals surface area contributed by atoms with Crippen molar-refractivity contribution in [2.75, 3.05) is 13.2 Å². The second kappa shape index (κ2) is 36.0. The van der Waals surface area contributed by atoms with Crippen LogP contribution in [0.25, 0.3) is 0 Å². The molecule has 0 aromatic rings. The van der Waals surface area contributed by atoms with Crippen LogP contribution in [-0.4, -0.2) is 87.5 Å². The van der Waals surface area contributed by atoms with Crippen LogP contribution < -0.4 is 5.32 Å². The number of hydrogen-bond acceptors (Lipinski definition) is 8. The topological polar surface area (TPSA) is 149 Å². The number of unbranched alkanes of at least 4 members (excludes halogenated alkanes) is 23. The first-order chi connectivity index (χ1) is 26.3. The maximum atomic E-state index is 12.9. The van der Waals surface area contributed by atoms with Crippen molar-refractivity contribution in [2.45, 2.75) is 243 Å². The normalized spacial score (nSPS) is 21.6. The van der Waals surface area contributed by atoms with Gasteiger partial charge in [-0.25, -0.2) is 0 Å². The highest BCUT2D eigenvalue weighted by molar-refractivity contribution is 5.76. The quantitative estimate of drug-likeness (QED) is 0.0271. The lowest BCUT2D eigenvalue weighted by Gasteiger charge is -2.40. The molecule has 0 radical (unpaired) electrons. The second-order valence-electron chi connectivity index (χ2n) is 15.8. The molecule has 1 amide bonds. The Morgan fingerprint density at radius 1 is 0.611 bits per heavy atom. The van der Waals surface area contributed by atoms with Crippen LogP contribution in [0.1, 0.15) is 200 Å². The Balaban J connectivity index is 2.37. The van der Waals surface area contributed by atoms with Crippen molar-refractivity contribution in [3.8, 4) is 0 Å². The van der Waals surface area contributed by atoms with Crippen LogP contribution in [0.15, 0.2) is 24.3 Å². The van der Waals surface area contributed by atoms with Crippen LogP contribution in [0, 0.1) is 0 Å². The van der Waals surface area contributed by atoms with Gasteiger partial charge in [0.1, 0.15) is 24.4 Å². The van der Waals surface area contributed by atoms with Crippen molar-refractivity contribution in [2.24, 2.45) is 0 Å². The number of aliphatic hydroxyl groups is 5. The summed E-state index contributed by atoms with van der Waals surface area (Å²) in [5.41, 5.74) is 0. The number of ether oxygens (including phenoxy) is 2. The van der Waals surface area contributed by atoms with Crippen molar-refractivity contribution in [3.05, 3.63) is 24.3 Å². The summed E-state index contributed by atoms with van der Waals surface area (Å²) in [6.07, 6.45) is 34.7. The lowest BCUT2D eigenvalue weighted by Crippen LogP contribution is -2.60. The highest BCUT2D eigenvalue weighted by Gasteiger charge is 2.44. The van der Waals surface area contributed by atoms with Gasteiger partial charge in [-0.05, 0) is 64.2 Å². The third-order valence-electron chi connectivity index (χ3n) is 10.8. The maximum Gasteiger partial charge on any atom is 0.220 e. The van der Waals surface area contributed by atoms with Gasteiger partial charge in [0, 0.05) is 6.42 Å². The Bertz CT molecular complexity index is 899. The molecule has 0 aromatic heterocycles. The Morgan fingerprint density at radius 2 is 1.04 bits per heavy atom. The molecular formula is C45H85NO8. The SMILES string of the molecule is CCCCCCCC/C=C/CCCCCCCC(=O)N[C@@H](CO[C@@H]1O[C@H](CO)[C@@H](O)C(O)C1O)[C@H](O)CCCC/C=C/CCCCCCCCCCCC. The van der Waals surface area contributed by atoms with Crippen LogP contribution in [0.2, 0.25) is 0 Å². The van der Waals surface area contributed by atoms with Crippen molar-refractivity contribution < 1.29 is 39.8 Å². The molecule has 54 heavy (non-hydrogen) atoms. The van der Waals surface area contributed by atoms with Gasteiger partial charge in [0.05, 0.1) is 25.4 Å². The summed E-state index contributed by atoms with van der Waals surface area (Å²) in [7, 11) is 0. The number of carbonyl (C=O) groups is 1. The van der Waals surface area contributed by atoms with Gasteiger partial charge in [0.25, 0.3) is 0 Å². The third kappa shape index (κ3) is 26.5. The van der Waals surface area contributed by atoms with Gasteiger partial charge < -0.3 is 40.3 Å².